The Bertz CT molecular complexity index is 1190. The van der Waals surface area contributed by atoms with Gasteiger partial charge >= 0.3 is 5.97 Å². The van der Waals surface area contributed by atoms with E-state index in [1.807, 2.05) is 30.3 Å². The summed E-state index contributed by atoms with van der Waals surface area (Å²) in [5.74, 6) is -0.0606. The lowest BCUT2D eigenvalue weighted by atomic mass is 10.1. The molecule has 4 aromatic rings. The number of pyridine rings is 3. The van der Waals surface area contributed by atoms with E-state index in [9.17, 15) is 9.59 Å². The van der Waals surface area contributed by atoms with Crippen molar-refractivity contribution >= 4 is 27.8 Å². The zero-order valence-electron chi connectivity index (χ0n) is 14.0. The van der Waals surface area contributed by atoms with E-state index in [0.29, 0.717) is 16.9 Å². The van der Waals surface area contributed by atoms with Gasteiger partial charge in [0.25, 0.3) is 0 Å². The van der Waals surface area contributed by atoms with Gasteiger partial charge in [0.1, 0.15) is 17.0 Å². The first kappa shape index (κ1) is 16.0. The minimum absolute atomic E-state index is 0.0397. The van der Waals surface area contributed by atoms with Gasteiger partial charge in [-0.05, 0) is 30.5 Å². The van der Waals surface area contributed by atoms with Crippen LogP contribution in [0.3, 0.4) is 0 Å². The third-order valence-corrected chi connectivity index (χ3v) is 4.14. The van der Waals surface area contributed by atoms with Crippen LogP contribution in [0.5, 0.6) is 0 Å². The average Bonchev–Trinajstić information content (AvgIpc) is 2.68. The molecule has 4 rings (SSSR count). The summed E-state index contributed by atoms with van der Waals surface area (Å²) < 4.78 is 6.71. The van der Waals surface area contributed by atoms with Crippen molar-refractivity contribution < 1.29 is 9.53 Å². The van der Waals surface area contributed by atoms with Crippen LogP contribution in [0.4, 0.5) is 0 Å². The van der Waals surface area contributed by atoms with Crippen LogP contribution < -0.4 is 5.43 Å². The Balaban J connectivity index is 2.10. The molecule has 0 unspecified atom stereocenters. The fourth-order valence-electron chi connectivity index (χ4n) is 2.97. The lowest BCUT2D eigenvalue weighted by Gasteiger charge is -2.13. The van der Waals surface area contributed by atoms with Crippen LogP contribution in [-0.2, 0) is 4.74 Å². The molecule has 0 aliphatic heterocycles. The monoisotopic (exact) mass is 345 g/mol. The fraction of sp³-hybridized carbons (Fsp3) is 0.100. The smallest absolute Gasteiger partial charge is 0.343 e. The van der Waals surface area contributed by atoms with Crippen molar-refractivity contribution in [3.05, 3.63) is 76.8 Å². The SMILES string of the molecule is CCOC(=O)c1cn(-c2nccc3ccccc23)c2ncccc2c1=O. The summed E-state index contributed by atoms with van der Waals surface area (Å²) in [6, 6.07) is 13.0. The van der Waals surface area contributed by atoms with Crippen molar-refractivity contribution in [3.8, 4) is 5.82 Å². The zero-order chi connectivity index (χ0) is 18.1. The largest absolute Gasteiger partial charge is 0.462 e. The summed E-state index contributed by atoms with van der Waals surface area (Å²) in [4.78, 5) is 33.8. The van der Waals surface area contributed by atoms with Gasteiger partial charge in [0.15, 0.2) is 0 Å². The van der Waals surface area contributed by atoms with Crippen LogP contribution in [0.25, 0.3) is 27.6 Å². The standard InChI is InChI=1S/C20H15N3O3/c1-2-26-20(25)16-12-23(19-15(17(16)24)8-5-10-21-19)18-14-7-4-3-6-13(14)9-11-22-18/h3-12H,2H2,1H3. The molecule has 0 aliphatic rings. The predicted molar refractivity (Wildman–Crippen MR) is 98.6 cm³/mol. The summed E-state index contributed by atoms with van der Waals surface area (Å²) in [5, 5.41) is 2.23. The molecular formula is C20H15N3O3. The lowest BCUT2D eigenvalue weighted by Crippen LogP contribution is -2.21. The molecular weight excluding hydrogens is 330 g/mol. The minimum atomic E-state index is -0.655. The maximum absolute atomic E-state index is 12.7. The number of esters is 1. The summed E-state index contributed by atoms with van der Waals surface area (Å²) in [7, 11) is 0. The second-order valence-electron chi connectivity index (χ2n) is 5.69. The van der Waals surface area contributed by atoms with E-state index in [4.69, 9.17) is 4.74 Å². The van der Waals surface area contributed by atoms with Crippen molar-refractivity contribution in [2.45, 2.75) is 6.92 Å². The topological polar surface area (TPSA) is 74.1 Å². The highest BCUT2D eigenvalue weighted by Crippen LogP contribution is 2.22. The van der Waals surface area contributed by atoms with Gasteiger partial charge in [-0.2, -0.15) is 0 Å². The molecule has 0 fully saturated rings. The molecule has 3 aromatic heterocycles. The molecule has 0 saturated carbocycles. The minimum Gasteiger partial charge on any atom is -0.462 e. The Morgan fingerprint density at radius 3 is 2.69 bits per heavy atom. The van der Waals surface area contributed by atoms with Crippen molar-refractivity contribution in [1.29, 1.82) is 0 Å². The van der Waals surface area contributed by atoms with Gasteiger partial charge in [0, 0.05) is 24.0 Å². The molecule has 1 aromatic carbocycles. The molecule has 0 amide bonds. The number of aromatic nitrogens is 3. The van der Waals surface area contributed by atoms with Gasteiger partial charge in [0.05, 0.1) is 12.0 Å². The molecule has 128 valence electrons. The predicted octanol–water partition coefficient (Wildman–Crippen LogP) is 3.11. The Kier molecular flexibility index (Phi) is 3.93. The number of nitrogens with zero attached hydrogens (tertiary/aromatic N) is 3. The Hall–Kier alpha value is -3.54. The molecule has 6 heteroatoms. The Labute approximate surface area is 148 Å². The van der Waals surface area contributed by atoms with E-state index in [2.05, 4.69) is 9.97 Å². The molecule has 3 heterocycles. The number of ether oxygens (including phenoxy) is 1. The van der Waals surface area contributed by atoms with Gasteiger partial charge < -0.3 is 4.74 Å². The molecule has 0 bridgehead atoms. The number of hydrogen-bond donors (Lipinski definition) is 0. The molecule has 0 atom stereocenters. The van der Waals surface area contributed by atoms with E-state index in [1.54, 1.807) is 36.0 Å². The molecule has 0 aliphatic carbocycles. The van der Waals surface area contributed by atoms with E-state index in [0.717, 1.165) is 10.8 Å². The molecule has 0 N–H and O–H groups in total. The Morgan fingerprint density at radius 1 is 1.04 bits per heavy atom. The second kappa shape index (κ2) is 6.40. The van der Waals surface area contributed by atoms with Crippen LogP contribution in [0.2, 0.25) is 0 Å². The number of carbonyl (C=O) groups is 1. The zero-order valence-corrected chi connectivity index (χ0v) is 14.0. The van der Waals surface area contributed by atoms with Crippen LogP contribution in [-0.4, -0.2) is 27.1 Å². The first-order valence-electron chi connectivity index (χ1n) is 8.22. The quantitative estimate of drug-likeness (QED) is 0.533. The van der Waals surface area contributed by atoms with Crippen molar-refractivity contribution in [2.75, 3.05) is 6.61 Å². The maximum Gasteiger partial charge on any atom is 0.343 e. The third kappa shape index (κ3) is 2.52. The van der Waals surface area contributed by atoms with Crippen LogP contribution in [0, 0.1) is 0 Å². The number of carbonyl (C=O) groups excluding carboxylic acids is 1. The van der Waals surface area contributed by atoms with Gasteiger partial charge in [-0.15, -0.1) is 0 Å². The van der Waals surface area contributed by atoms with Crippen molar-refractivity contribution in [1.82, 2.24) is 14.5 Å². The van der Waals surface area contributed by atoms with Crippen LogP contribution >= 0.6 is 0 Å². The normalized spacial score (nSPS) is 11.0. The van der Waals surface area contributed by atoms with Gasteiger partial charge in [-0.25, -0.2) is 14.8 Å². The van der Waals surface area contributed by atoms with E-state index in [-0.39, 0.29) is 12.2 Å². The third-order valence-electron chi connectivity index (χ3n) is 4.14. The molecule has 26 heavy (non-hydrogen) atoms. The average molecular weight is 345 g/mol. The summed E-state index contributed by atoms with van der Waals surface area (Å²) >= 11 is 0. The summed E-state index contributed by atoms with van der Waals surface area (Å²) in [5.41, 5.74) is -0.000442. The highest BCUT2D eigenvalue weighted by molar-refractivity contribution is 5.95. The number of hydrogen-bond acceptors (Lipinski definition) is 5. The van der Waals surface area contributed by atoms with E-state index in [1.165, 1.54) is 6.20 Å². The highest BCUT2D eigenvalue weighted by atomic mass is 16.5. The molecule has 0 spiro atoms. The van der Waals surface area contributed by atoms with E-state index >= 15 is 0 Å². The summed E-state index contributed by atoms with van der Waals surface area (Å²) in [6.07, 6.45) is 4.76. The fourth-order valence-corrected chi connectivity index (χ4v) is 2.97. The first-order chi connectivity index (χ1) is 12.7. The van der Waals surface area contributed by atoms with Gasteiger partial charge in [-0.1, -0.05) is 24.3 Å². The first-order valence-corrected chi connectivity index (χ1v) is 8.22. The molecule has 0 saturated heterocycles. The Morgan fingerprint density at radius 2 is 1.85 bits per heavy atom. The van der Waals surface area contributed by atoms with Gasteiger partial charge in [0.2, 0.25) is 5.43 Å². The molecule has 0 radical (unpaired) electrons. The molecule has 6 nitrogen and oxygen atoms in total. The summed E-state index contributed by atoms with van der Waals surface area (Å²) in [6.45, 7) is 1.89. The maximum atomic E-state index is 12.7. The van der Waals surface area contributed by atoms with Crippen molar-refractivity contribution in [2.24, 2.45) is 0 Å². The number of fused-ring (bicyclic) bond motifs is 2. The van der Waals surface area contributed by atoms with Crippen LogP contribution in [0.1, 0.15) is 17.3 Å². The number of benzene rings is 1. The van der Waals surface area contributed by atoms with Crippen LogP contribution in [0.15, 0.2) is 65.8 Å². The highest BCUT2D eigenvalue weighted by Gasteiger charge is 2.18. The number of rotatable bonds is 3. The lowest BCUT2D eigenvalue weighted by molar-refractivity contribution is 0.0524. The van der Waals surface area contributed by atoms with Gasteiger partial charge in [-0.3, -0.25) is 9.36 Å². The van der Waals surface area contributed by atoms with Crippen molar-refractivity contribution in [3.63, 3.8) is 0 Å². The van der Waals surface area contributed by atoms with E-state index < -0.39 is 11.4 Å². The second-order valence-corrected chi connectivity index (χ2v) is 5.69.